The molecule has 3 aromatic rings. The van der Waals surface area contributed by atoms with Crippen molar-refractivity contribution >= 4 is 40.0 Å². The molecule has 3 heterocycles. The molecule has 1 aromatic heterocycles. The van der Waals surface area contributed by atoms with Crippen molar-refractivity contribution in [3.63, 3.8) is 0 Å². The number of aromatic nitrogens is 1. The highest BCUT2D eigenvalue weighted by molar-refractivity contribution is 6.12. The average Bonchev–Trinajstić information content (AvgIpc) is 3.43. The molecule has 8 heteroatoms. The molecule has 8 nitrogen and oxygen atoms in total. The number of hydrogen-bond acceptors (Lipinski definition) is 4. The van der Waals surface area contributed by atoms with Gasteiger partial charge in [0.1, 0.15) is 6.04 Å². The van der Waals surface area contributed by atoms with Gasteiger partial charge in [0, 0.05) is 43.2 Å². The molecule has 0 aliphatic carbocycles. The maximum atomic E-state index is 13.0. The number of hydrogen-bond donors (Lipinski definition) is 2. The molecule has 1 saturated heterocycles. The van der Waals surface area contributed by atoms with Crippen molar-refractivity contribution in [3.05, 3.63) is 59.8 Å². The molecular formula is C24H24N4O4. The van der Waals surface area contributed by atoms with Crippen LogP contribution in [-0.4, -0.2) is 53.5 Å². The molecule has 0 radical (unpaired) electrons. The second-order valence-electron chi connectivity index (χ2n) is 8.14. The summed E-state index contributed by atoms with van der Waals surface area (Å²) in [5.74, 6) is -0.610. The van der Waals surface area contributed by atoms with E-state index in [4.69, 9.17) is 4.74 Å². The van der Waals surface area contributed by atoms with Crippen LogP contribution in [0, 0.1) is 0 Å². The van der Waals surface area contributed by atoms with Crippen molar-refractivity contribution in [1.82, 2.24) is 9.47 Å². The monoisotopic (exact) mass is 432 g/mol. The summed E-state index contributed by atoms with van der Waals surface area (Å²) in [6.07, 6.45) is 3.46. The Hall–Kier alpha value is -3.65. The number of nitrogens with one attached hydrogen (secondary N) is 2. The molecule has 1 atom stereocenters. The van der Waals surface area contributed by atoms with Crippen molar-refractivity contribution < 1.29 is 19.1 Å². The van der Waals surface area contributed by atoms with Gasteiger partial charge in [-0.05, 0) is 54.6 Å². The third-order valence-corrected chi connectivity index (χ3v) is 6.15. The van der Waals surface area contributed by atoms with Gasteiger partial charge >= 0.3 is 0 Å². The maximum absolute atomic E-state index is 13.0. The summed E-state index contributed by atoms with van der Waals surface area (Å²) in [4.78, 5) is 40.0. The summed E-state index contributed by atoms with van der Waals surface area (Å²) >= 11 is 0. The molecule has 32 heavy (non-hydrogen) atoms. The van der Waals surface area contributed by atoms with Crippen LogP contribution in [-0.2, 0) is 16.1 Å². The number of nitrogens with zero attached hydrogens (tertiary/aromatic N) is 2. The van der Waals surface area contributed by atoms with Gasteiger partial charge in [-0.3, -0.25) is 14.4 Å². The molecule has 2 aromatic carbocycles. The lowest BCUT2D eigenvalue weighted by atomic mass is 10.1. The van der Waals surface area contributed by atoms with Gasteiger partial charge in [-0.2, -0.15) is 0 Å². The van der Waals surface area contributed by atoms with Crippen LogP contribution in [0.15, 0.2) is 48.7 Å². The van der Waals surface area contributed by atoms with E-state index in [1.54, 1.807) is 36.3 Å². The Balaban J connectivity index is 1.40. The van der Waals surface area contributed by atoms with Gasteiger partial charge in [-0.1, -0.05) is 6.07 Å². The number of ether oxygens (including phenoxy) is 1. The molecule has 1 fully saturated rings. The number of anilines is 2. The molecule has 5 rings (SSSR count). The first kappa shape index (κ1) is 20.3. The summed E-state index contributed by atoms with van der Waals surface area (Å²) in [6.45, 7) is 1.84. The summed E-state index contributed by atoms with van der Waals surface area (Å²) in [5.41, 5.74) is 2.84. The van der Waals surface area contributed by atoms with Gasteiger partial charge in [-0.15, -0.1) is 0 Å². The number of carbonyl (C=O) groups is 3. The summed E-state index contributed by atoms with van der Waals surface area (Å²) in [7, 11) is 1.66. The second-order valence-corrected chi connectivity index (χ2v) is 8.14. The van der Waals surface area contributed by atoms with Crippen LogP contribution >= 0.6 is 0 Å². The minimum Gasteiger partial charge on any atom is -0.383 e. The number of rotatable bonds is 5. The number of benzene rings is 2. The predicted molar refractivity (Wildman–Crippen MR) is 121 cm³/mol. The Morgan fingerprint density at radius 1 is 1.19 bits per heavy atom. The quantitative estimate of drug-likeness (QED) is 0.648. The fourth-order valence-electron chi connectivity index (χ4n) is 4.47. The lowest BCUT2D eigenvalue weighted by molar-refractivity contribution is -0.119. The van der Waals surface area contributed by atoms with E-state index >= 15 is 0 Å². The van der Waals surface area contributed by atoms with Crippen LogP contribution in [0.1, 0.15) is 33.6 Å². The highest BCUT2D eigenvalue weighted by atomic mass is 16.5. The first-order chi connectivity index (χ1) is 15.5. The van der Waals surface area contributed by atoms with E-state index in [0.29, 0.717) is 48.6 Å². The first-order valence-corrected chi connectivity index (χ1v) is 10.7. The summed E-state index contributed by atoms with van der Waals surface area (Å²) < 4.78 is 7.21. The van der Waals surface area contributed by atoms with Crippen LogP contribution in [0.25, 0.3) is 10.9 Å². The van der Waals surface area contributed by atoms with E-state index in [-0.39, 0.29) is 17.7 Å². The summed E-state index contributed by atoms with van der Waals surface area (Å²) in [6, 6.07) is 12.1. The van der Waals surface area contributed by atoms with E-state index in [2.05, 4.69) is 10.6 Å². The van der Waals surface area contributed by atoms with Gasteiger partial charge in [-0.25, -0.2) is 0 Å². The fraction of sp³-hybridized carbons (Fsp3) is 0.292. The highest BCUT2D eigenvalue weighted by Crippen LogP contribution is 2.30. The molecular weight excluding hydrogens is 408 g/mol. The Labute approximate surface area is 185 Å². The first-order valence-electron chi connectivity index (χ1n) is 10.7. The van der Waals surface area contributed by atoms with Crippen LogP contribution < -0.4 is 10.6 Å². The topological polar surface area (TPSA) is 92.7 Å². The molecule has 2 N–H and O–H groups in total. The van der Waals surface area contributed by atoms with Crippen LogP contribution in [0.4, 0.5) is 11.4 Å². The van der Waals surface area contributed by atoms with Crippen LogP contribution in [0.3, 0.4) is 0 Å². The lowest BCUT2D eigenvalue weighted by Crippen LogP contribution is -2.40. The third kappa shape index (κ3) is 3.52. The van der Waals surface area contributed by atoms with Gasteiger partial charge in [0.05, 0.1) is 17.9 Å². The van der Waals surface area contributed by atoms with Gasteiger partial charge < -0.3 is 24.8 Å². The minimum atomic E-state index is -0.422. The molecule has 0 bridgehead atoms. The molecule has 3 amide bonds. The SMILES string of the molecule is COCCn1ccc2ccc(C(=O)Nc3ccc4c(c3)C(=O)N3CCC[C@@H]3C(=O)N4)cc21. The fourth-order valence-corrected chi connectivity index (χ4v) is 4.47. The smallest absolute Gasteiger partial charge is 0.256 e. The number of carbonyl (C=O) groups excluding carboxylic acids is 3. The van der Waals surface area contributed by atoms with Gasteiger partial charge in [0.15, 0.2) is 0 Å². The van der Waals surface area contributed by atoms with Crippen molar-refractivity contribution in [1.29, 1.82) is 0 Å². The van der Waals surface area contributed by atoms with E-state index in [9.17, 15) is 14.4 Å². The molecule has 0 unspecified atom stereocenters. The largest absolute Gasteiger partial charge is 0.383 e. The van der Waals surface area contributed by atoms with E-state index < -0.39 is 6.04 Å². The molecule has 0 spiro atoms. The van der Waals surface area contributed by atoms with Crippen molar-refractivity contribution in [2.24, 2.45) is 0 Å². The number of amides is 3. The number of fused-ring (bicyclic) bond motifs is 3. The highest BCUT2D eigenvalue weighted by Gasteiger charge is 2.38. The normalized spacial score (nSPS) is 17.7. The average molecular weight is 432 g/mol. The predicted octanol–water partition coefficient (Wildman–Crippen LogP) is 3.10. The van der Waals surface area contributed by atoms with Gasteiger partial charge in [0.25, 0.3) is 11.8 Å². The zero-order valence-corrected chi connectivity index (χ0v) is 17.8. The standard InChI is InChI=1S/C24H24N4O4/c1-32-12-11-27-10-8-15-4-5-16(13-21(15)27)22(29)25-17-6-7-19-18(14-17)24(31)28-9-2-3-20(28)23(30)26-19/h4-8,10,13-14,20H,2-3,9,11-12H2,1H3,(H,25,29)(H,26,30)/t20-/m1/s1. The molecule has 0 saturated carbocycles. The molecule has 2 aliphatic heterocycles. The Morgan fingerprint density at radius 3 is 2.91 bits per heavy atom. The lowest BCUT2D eigenvalue weighted by Gasteiger charge is -2.20. The Bertz CT molecular complexity index is 1230. The Kier molecular flexibility index (Phi) is 5.14. The minimum absolute atomic E-state index is 0.156. The van der Waals surface area contributed by atoms with Gasteiger partial charge in [0.2, 0.25) is 5.91 Å². The zero-order chi connectivity index (χ0) is 22.2. The van der Waals surface area contributed by atoms with Crippen molar-refractivity contribution in [3.8, 4) is 0 Å². The Morgan fingerprint density at radius 2 is 2.06 bits per heavy atom. The third-order valence-electron chi connectivity index (χ3n) is 6.15. The molecule has 164 valence electrons. The van der Waals surface area contributed by atoms with Crippen LogP contribution in [0.2, 0.25) is 0 Å². The van der Waals surface area contributed by atoms with Crippen LogP contribution in [0.5, 0.6) is 0 Å². The van der Waals surface area contributed by atoms with E-state index in [1.807, 2.05) is 29.0 Å². The maximum Gasteiger partial charge on any atom is 0.256 e. The van der Waals surface area contributed by atoms with E-state index in [0.717, 1.165) is 17.3 Å². The zero-order valence-electron chi connectivity index (χ0n) is 17.8. The van der Waals surface area contributed by atoms with Crippen molar-refractivity contribution in [2.75, 3.05) is 30.9 Å². The molecule has 2 aliphatic rings. The number of methoxy groups -OCH3 is 1. The van der Waals surface area contributed by atoms with Crippen molar-refractivity contribution in [2.45, 2.75) is 25.4 Å². The second kappa shape index (κ2) is 8.12. The summed E-state index contributed by atoms with van der Waals surface area (Å²) in [5, 5.41) is 6.78. The van der Waals surface area contributed by atoms with E-state index in [1.165, 1.54) is 0 Å².